The zero-order valence-electron chi connectivity index (χ0n) is 11.2. The Balaban J connectivity index is 2.08. The molecule has 0 aliphatic heterocycles. The van der Waals surface area contributed by atoms with Crippen LogP contribution in [0.2, 0.25) is 0 Å². The molecule has 0 aliphatic carbocycles. The van der Waals surface area contributed by atoms with Gasteiger partial charge in [-0.2, -0.15) is 5.26 Å². The molecule has 0 amide bonds. The number of nitriles is 1. The molecule has 3 rings (SSSR count). The van der Waals surface area contributed by atoms with E-state index >= 15 is 0 Å². The fourth-order valence-electron chi connectivity index (χ4n) is 2.23. The summed E-state index contributed by atoms with van der Waals surface area (Å²) < 4.78 is 2.18. The second-order valence-corrected chi connectivity index (χ2v) is 5.60. The molecule has 0 atom stereocenters. The number of nitrogens with zero attached hydrogens (tertiary/aromatic N) is 3. The van der Waals surface area contributed by atoms with E-state index in [0.717, 1.165) is 10.0 Å². The highest BCUT2D eigenvalue weighted by atomic mass is 79.9. The summed E-state index contributed by atoms with van der Waals surface area (Å²) in [7, 11) is 0. The summed E-state index contributed by atoms with van der Waals surface area (Å²) in [4.78, 5) is 17.0. The number of hydrogen-bond donors (Lipinski definition) is 1. The molecule has 2 heterocycles. The van der Waals surface area contributed by atoms with Crippen LogP contribution in [0, 0.1) is 18.3 Å². The molecule has 0 saturated carbocycles. The molecule has 0 aliphatic rings. The van der Waals surface area contributed by atoms with Crippen LogP contribution in [0.25, 0.3) is 5.65 Å². The minimum atomic E-state index is -0.104. The number of benzene rings is 1. The molecule has 104 valence electrons. The Hall–Kier alpha value is -2.39. The van der Waals surface area contributed by atoms with E-state index in [-0.39, 0.29) is 5.56 Å². The summed E-state index contributed by atoms with van der Waals surface area (Å²) in [5, 5.41) is 11.7. The Labute approximate surface area is 129 Å². The van der Waals surface area contributed by atoms with Gasteiger partial charge in [-0.25, -0.2) is 9.50 Å². The molecule has 0 radical (unpaired) electrons. The first kappa shape index (κ1) is 13.6. The van der Waals surface area contributed by atoms with Crippen LogP contribution < -0.4 is 5.56 Å². The Morgan fingerprint density at radius 3 is 2.76 bits per heavy atom. The number of aromatic amines is 1. The molecule has 2 aromatic heterocycles. The number of hydrogen-bond acceptors (Lipinski definition) is 3. The van der Waals surface area contributed by atoms with Gasteiger partial charge < -0.3 is 0 Å². The number of H-pyrrole nitrogens is 1. The molecule has 0 fully saturated rings. The van der Waals surface area contributed by atoms with E-state index in [9.17, 15) is 4.79 Å². The van der Waals surface area contributed by atoms with Crippen molar-refractivity contribution in [2.45, 2.75) is 13.3 Å². The highest BCUT2D eigenvalue weighted by molar-refractivity contribution is 9.10. The third kappa shape index (κ3) is 2.36. The van der Waals surface area contributed by atoms with Crippen molar-refractivity contribution in [2.75, 3.05) is 0 Å². The zero-order chi connectivity index (χ0) is 15.0. The first-order chi connectivity index (χ1) is 10.1. The second kappa shape index (κ2) is 5.19. The van der Waals surface area contributed by atoms with Crippen LogP contribution in [0.5, 0.6) is 0 Å². The van der Waals surface area contributed by atoms with E-state index in [1.165, 1.54) is 4.52 Å². The van der Waals surface area contributed by atoms with Crippen LogP contribution >= 0.6 is 15.9 Å². The van der Waals surface area contributed by atoms with Crippen LogP contribution in [0.15, 0.2) is 39.7 Å². The lowest BCUT2D eigenvalue weighted by molar-refractivity contribution is 0.859. The van der Waals surface area contributed by atoms with Gasteiger partial charge in [-0.1, -0.05) is 12.1 Å². The van der Waals surface area contributed by atoms with Crippen LogP contribution in [0.3, 0.4) is 0 Å². The van der Waals surface area contributed by atoms with Crippen LogP contribution in [-0.2, 0) is 6.42 Å². The van der Waals surface area contributed by atoms with Gasteiger partial charge in [0, 0.05) is 23.9 Å². The van der Waals surface area contributed by atoms with Gasteiger partial charge in [-0.3, -0.25) is 9.89 Å². The van der Waals surface area contributed by atoms with E-state index in [0.29, 0.717) is 28.9 Å². The fraction of sp³-hybridized carbons (Fsp3) is 0.133. The van der Waals surface area contributed by atoms with Crippen LogP contribution in [0.1, 0.15) is 22.4 Å². The van der Waals surface area contributed by atoms with Gasteiger partial charge in [0.15, 0.2) is 5.65 Å². The average molecular weight is 343 g/mol. The third-order valence-corrected chi connectivity index (χ3v) is 3.96. The minimum absolute atomic E-state index is 0.104. The van der Waals surface area contributed by atoms with E-state index in [2.05, 4.69) is 32.1 Å². The number of fused-ring (bicyclic) bond motifs is 1. The molecule has 1 N–H and O–H groups in total. The van der Waals surface area contributed by atoms with Crippen molar-refractivity contribution in [3.63, 3.8) is 0 Å². The zero-order valence-corrected chi connectivity index (χ0v) is 12.8. The highest BCUT2D eigenvalue weighted by Gasteiger charge is 2.13. The number of nitrogens with one attached hydrogen (secondary N) is 1. The van der Waals surface area contributed by atoms with Gasteiger partial charge in [-0.15, -0.1) is 0 Å². The van der Waals surface area contributed by atoms with Crippen molar-refractivity contribution < 1.29 is 0 Å². The van der Waals surface area contributed by atoms with Gasteiger partial charge >= 0.3 is 0 Å². The van der Waals surface area contributed by atoms with E-state index < -0.39 is 0 Å². The molecule has 21 heavy (non-hydrogen) atoms. The predicted octanol–water partition coefficient (Wildman–Crippen LogP) is 2.56. The summed E-state index contributed by atoms with van der Waals surface area (Å²) in [6, 6.07) is 9.29. The van der Waals surface area contributed by atoms with Gasteiger partial charge in [0.25, 0.3) is 5.56 Å². The first-order valence-electron chi connectivity index (χ1n) is 6.34. The van der Waals surface area contributed by atoms with E-state index in [1.54, 1.807) is 18.3 Å². The first-order valence-corrected chi connectivity index (χ1v) is 7.13. The molecule has 0 saturated heterocycles. The monoisotopic (exact) mass is 342 g/mol. The lowest BCUT2D eigenvalue weighted by atomic mass is 10.0. The van der Waals surface area contributed by atoms with Crippen LogP contribution in [0.4, 0.5) is 0 Å². The van der Waals surface area contributed by atoms with Crippen molar-refractivity contribution in [1.29, 1.82) is 5.26 Å². The Morgan fingerprint density at radius 1 is 1.38 bits per heavy atom. The topological polar surface area (TPSA) is 74.0 Å². The van der Waals surface area contributed by atoms with E-state index in [4.69, 9.17) is 5.26 Å². The summed E-state index contributed by atoms with van der Waals surface area (Å²) in [5.74, 6) is 0. The predicted molar refractivity (Wildman–Crippen MR) is 82.2 cm³/mol. The lowest BCUT2D eigenvalue weighted by Gasteiger charge is -2.06. The van der Waals surface area contributed by atoms with Crippen molar-refractivity contribution in [3.05, 3.63) is 67.7 Å². The van der Waals surface area contributed by atoms with Crippen LogP contribution in [-0.4, -0.2) is 14.6 Å². The minimum Gasteiger partial charge on any atom is -0.296 e. The standard InChI is InChI=1S/C15H11BrN4O/c1-9-12(6-10-2-4-11(7-17)5-3-10)15(21)20-14(19-9)13(16)8-18-20/h2-5,8,18H,6H2,1H3. The maximum atomic E-state index is 12.5. The molecule has 6 heteroatoms. The van der Waals surface area contributed by atoms with Gasteiger partial charge in [0.05, 0.1) is 16.1 Å². The van der Waals surface area contributed by atoms with Crippen molar-refractivity contribution >= 4 is 21.6 Å². The number of aryl methyl sites for hydroxylation is 1. The van der Waals surface area contributed by atoms with Crippen molar-refractivity contribution in [1.82, 2.24) is 14.6 Å². The molecule has 0 bridgehead atoms. The maximum absolute atomic E-state index is 12.5. The molecular formula is C15H11BrN4O. The normalized spacial score (nSPS) is 10.7. The number of rotatable bonds is 2. The smallest absolute Gasteiger partial charge is 0.276 e. The van der Waals surface area contributed by atoms with Gasteiger partial charge in [-0.05, 0) is 40.5 Å². The Kier molecular flexibility index (Phi) is 3.35. The summed E-state index contributed by atoms with van der Waals surface area (Å²) >= 11 is 3.36. The summed E-state index contributed by atoms with van der Waals surface area (Å²) in [6.07, 6.45) is 2.18. The number of halogens is 1. The summed E-state index contributed by atoms with van der Waals surface area (Å²) in [5.41, 5.74) is 3.42. The Bertz CT molecular complexity index is 916. The largest absolute Gasteiger partial charge is 0.296 e. The van der Waals surface area contributed by atoms with Crippen molar-refractivity contribution in [3.8, 4) is 6.07 Å². The molecule has 0 unspecified atom stereocenters. The average Bonchev–Trinajstić information content (AvgIpc) is 2.86. The number of aromatic nitrogens is 3. The van der Waals surface area contributed by atoms with E-state index in [1.807, 2.05) is 19.1 Å². The Morgan fingerprint density at radius 2 is 2.10 bits per heavy atom. The van der Waals surface area contributed by atoms with Gasteiger partial charge in [0.1, 0.15) is 0 Å². The molecular weight excluding hydrogens is 332 g/mol. The molecule has 1 aromatic carbocycles. The lowest BCUT2D eigenvalue weighted by Crippen LogP contribution is -2.22. The van der Waals surface area contributed by atoms with Gasteiger partial charge in [0.2, 0.25) is 0 Å². The highest BCUT2D eigenvalue weighted by Crippen LogP contribution is 2.16. The second-order valence-electron chi connectivity index (χ2n) is 4.75. The third-order valence-electron chi connectivity index (χ3n) is 3.38. The summed E-state index contributed by atoms with van der Waals surface area (Å²) in [6.45, 7) is 1.83. The quantitative estimate of drug-likeness (QED) is 0.777. The maximum Gasteiger partial charge on any atom is 0.276 e. The molecule has 0 spiro atoms. The fourth-order valence-corrected chi connectivity index (χ4v) is 2.60. The molecule has 5 nitrogen and oxygen atoms in total. The van der Waals surface area contributed by atoms with Crippen molar-refractivity contribution in [2.24, 2.45) is 0 Å². The SMILES string of the molecule is Cc1nc2c(Br)c[nH]n2c(=O)c1Cc1ccc(C#N)cc1. The molecule has 3 aromatic rings.